The quantitative estimate of drug-likeness (QED) is 0.913. The van der Waals surface area contributed by atoms with Gasteiger partial charge in [-0.3, -0.25) is 4.79 Å². The third-order valence-corrected chi connectivity index (χ3v) is 4.18. The molecular weight excluding hydrogens is 250 g/mol. The summed E-state index contributed by atoms with van der Waals surface area (Å²) < 4.78 is 5.82. The average Bonchev–Trinajstić information content (AvgIpc) is 2.45. The van der Waals surface area contributed by atoms with E-state index in [2.05, 4.69) is 18.3 Å². The van der Waals surface area contributed by atoms with Gasteiger partial charge in [-0.1, -0.05) is 31.4 Å². The molecule has 2 rings (SSSR count). The maximum absolute atomic E-state index is 12.2. The summed E-state index contributed by atoms with van der Waals surface area (Å²) in [5.74, 6) is 0.800. The number of hydrogen-bond donors (Lipinski definition) is 1. The summed E-state index contributed by atoms with van der Waals surface area (Å²) in [7, 11) is 0. The predicted molar refractivity (Wildman–Crippen MR) is 81.0 cm³/mol. The van der Waals surface area contributed by atoms with Crippen LogP contribution in [0.25, 0.3) is 0 Å². The van der Waals surface area contributed by atoms with E-state index in [1.165, 1.54) is 24.8 Å². The minimum absolute atomic E-state index is 0.00203. The van der Waals surface area contributed by atoms with Crippen LogP contribution in [0.1, 0.15) is 50.2 Å². The molecule has 0 saturated heterocycles. The van der Waals surface area contributed by atoms with Crippen LogP contribution in [-0.2, 0) is 4.79 Å². The van der Waals surface area contributed by atoms with Crippen LogP contribution in [-0.4, -0.2) is 18.1 Å². The summed E-state index contributed by atoms with van der Waals surface area (Å²) in [6, 6.07) is 6.27. The standard InChI is InChI=1S/C17H25NO2/c1-12-8-7-11-16(13(12)2)20-14(3)17(19)18-15-9-5-4-6-10-15/h7-8,11,14-15H,4-6,9-10H2,1-3H3,(H,18,19). The average molecular weight is 275 g/mol. The molecule has 1 saturated carbocycles. The van der Waals surface area contributed by atoms with Gasteiger partial charge in [-0.15, -0.1) is 0 Å². The van der Waals surface area contributed by atoms with Crippen LogP contribution in [0.5, 0.6) is 5.75 Å². The zero-order valence-corrected chi connectivity index (χ0v) is 12.7. The molecule has 1 atom stereocenters. The molecular formula is C17H25NO2. The van der Waals surface area contributed by atoms with Crippen molar-refractivity contribution in [2.75, 3.05) is 0 Å². The number of aryl methyl sites for hydroxylation is 1. The molecule has 3 nitrogen and oxygen atoms in total. The van der Waals surface area contributed by atoms with Crippen LogP contribution in [0.3, 0.4) is 0 Å². The van der Waals surface area contributed by atoms with Gasteiger partial charge in [0.2, 0.25) is 0 Å². The fraction of sp³-hybridized carbons (Fsp3) is 0.588. The van der Waals surface area contributed by atoms with Gasteiger partial charge in [0.15, 0.2) is 6.10 Å². The number of carbonyl (C=O) groups is 1. The molecule has 1 unspecified atom stereocenters. The lowest BCUT2D eigenvalue weighted by Gasteiger charge is -2.25. The first-order valence-corrected chi connectivity index (χ1v) is 7.61. The minimum atomic E-state index is -0.447. The number of hydrogen-bond acceptors (Lipinski definition) is 2. The summed E-state index contributed by atoms with van der Waals surface area (Å²) >= 11 is 0. The molecule has 1 aromatic rings. The fourth-order valence-electron chi connectivity index (χ4n) is 2.66. The van der Waals surface area contributed by atoms with Gasteiger partial charge in [0.25, 0.3) is 5.91 Å². The van der Waals surface area contributed by atoms with Gasteiger partial charge in [0.05, 0.1) is 0 Å². The topological polar surface area (TPSA) is 38.3 Å². The highest BCUT2D eigenvalue weighted by molar-refractivity contribution is 5.81. The van der Waals surface area contributed by atoms with Gasteiger partial charge in [0.1, 0.15) is 5.75 Å². The van der Waals surface area contributed by atoms with Crippen LogP contribution >= 0.6 is 0 Å². The van der Waals surface area contributed by atoms with Crippen molar-refractivity contribution in [1.82, 2.24) is 5.32 Å². The number of ether oxygens (including phenoxy) is 1. The number of rotatable bonds is 4. The second-order valence-corrected chi connectivity index (χ2v) is 5.80. The number of amides is 1. The molecule has 0 aliphatic heterocycles. The maximum atomic E-state index is 12.2. The van der Waals surface area contributed by atoms with Gasteiger partial charge in [0, 0.05) is 6.04 Å². The van der Waals surface area contributed by atoms with E-state index in [-0.39, 0.29) is 5.91 Å². The Morgan fingerprint density at radius 1 is 1.25 bits per heavy atom. The lowest BCUT2D eigenvalue weighted by molar-refractivity contribution is -0.128. The smallest absolute Gasteiger partial charge is 0.260 e. The molecule has 1 fully saturated rings. The molecule has 1 amide bonds. The van der Waals surface area contributed by atoms with Crippen molar-refractivity contribution in [3.63, 3.8) is 0 Å². The third-order valence-electron chi connectivity index (χ3n) is 4.18. The van der Waals surface area contributed by atoms with Gasteiger partial charge < -0.3 is 10.1 Å². The summed E-state index contributed by atoms with van der Waals surface area (Å²) in [6.45, 7) is 5.89. The molecule has 1 aromatic carbocycles. The van der Waals surface area contributed by atoms with E-state index in [1.54, 1.807) is 0 Å². The Morgan fingerprint density at radius 3 is 2.65 bits per heavy atom. The first kappa shape index (κ1) is 14.9. The number of nitrogens with one attached hydrogen (secondary N) is 1. The zero-order chi connectivity index (χ0) is 14.5. The van der Waals surface area contributed by atoms with E-state index in [0.29, 0.717) is 6.04 Å². The van der Waals surface area contributed by atoms with Crippen molar-refractivity contribution in [3.05, 3.63) is 29.3 Å². The van der Waals surface area contributed by atoms with Crippen molar-refractivity contribution in [3.8, 4) is 5.75 Å². The van der Waals surface area contributed by atoms with Crippen molar-refractivity contribution >= 4 is 5.91 Å². The highest BCUT2D eigenvalue weighted by atomic mass is 16.5. The third kappa shape index (κ3) is 3.75. The molecule has 110 valence electrons. The van der Waals surface area contributed by atoms with Gasteiger partial charge in [-0.2, -0.15) is 0 Å². The number of benzene rings is 1. The van der Waals surface area contributed by atoms with E-state index in [9.17, 15) is 4.79 Å². The lowest BCUT2D eigenvalue weighted by atomic mass is 9.95. The predicted octanol–water partition coefficient (Wildman–Crippen LogP) is 3.52. The van der Waals surface area contributed by atoms with Crippen LogP contribution in [0, 0.1) is 13.8 Å². The van der Waals surface area contributed by atoms with Gasteiger partial charge in [-0.05, 0) is 50.8 Å². The molecule has 0 heterocycles. The molecule has 0 bridgehead atoms. The summed E-state index contributed by atoms with van der Waals surface area (Å²) in [5.41, 5.74) is 2.28. The Morgan fingerprint density at radius 2 is 1.95 bits per heavy atom. The van der Waals surface area contributed by atoms with E-state index in [1.807, 2.05) is 26.0 Å². The molecule has 1 aliphatic rings. The Bertz CT molecular complexity index is 464. The van der Waals surface area contributed by atoms with E-state index < -0.39 is 6.10 Å². The molecule has 20 heavy (non-hydrogen) atoms. The first-order valence-electron chi connectivity index (χ1n) is 7.61. The highest BCUT2D eigenvalue weighted by Crippen LogP contribution is 2.22. The lowest BCUT2D eigenvalue weighted by Crippen LogP contribution is -2.43. The SMILES string of the molecule is Cc1cccc(OC(C)C(=O)NC2CCCCC2)c1C. The van der Waals surface area contributed by atoms with Crippen LogP contribution < -0.4 is 10.1 Å². The zero-order valence-electron chi connectivity index (χ0n) is 12.7. The van der Waals surface area contributed by atoms with Crippen molar-refractivity contribution < 1.29 is 9.53 Å². The minimum Gasteiger partial charge on any atom is -0.481 e. The summed E-state index contributed by atoms with van der Waals surface area (Å²) in [4.78, 5) is 12.2. The largest absolute Gasteiger partial charge is 0.481 e. The Balaban J connectivity index is 1.91. The molecule has 0 spiro atoms. The van der Waals surface area contributed by atoms with E-state index in [4.69, 9.17) is 4.74 Å². The highest BCUT2D eigenvalue weighted by Gasteiger charge is 2.21. The fourth-order valence-corrected chi connectivity index (χ4v) is 2.66. The first-order chi connectivity index (χ1) is 9.58. The van der Waals surface area contributed by atoms with Gasteiger partial charge in [-0.25, -0.2) is 0 Å². The maximum Gasteiger partial charge on any atom is 0.260 e. The molecule has 3 heteroatoms. The summed E-state index contributed by atoms with van der Waals surface area (Å²) in [5, 5.41) is 3.11. The van der Waals surface area contributed by atoms with E-state index >= 15 is 0 Å². The normalized spacial score (nSPS) is 17.6. The Labute approximate surface area is 121 Å². The molecule has 1 N–H and O–H groups in total. The monoisotopic (exact) mass is 275 g/mol. The van der Waals surface area contributed by atoms with Crippen molar-refractivity contribution in [1.29, 1.82) is 0 Å². The van der Waals surface area contributed by atoms with Crippen LogP contribution in [0.2, 0.25) is 0 Å². The number of carbonyl (C=O) groups excluding carboxylic acids is 1. The Kier molecular flexibility index (Phi) is 5.05. The van der Waals surface area contributed by atoms with Crippen molar-refractivity contribution in [2.45, 2.75) is 65.0 Å². The molecule has 1 aliphatic carbocycles. The van der Waals surface area contributed by atoms with Gasteiger partial charge >= 0.3 is 0 Å². The van der Waals surface area contributed by atoms with Crippen molar-refractivity contribution in [2.24, 2.45) is 0 Å². The second kappa shape index (κ2) is 6.78. The van der Waals surface area contributed by atoms with Crippen LogP contribution in [0.4, 0.5) is 0 Å². The molecule has 0 radical (unpaired) electrons. The molecule has 0 aromatic heterocycles. The summed E-state index contributed by atoms with van der Waals surface area (Å²) in [6.07, 6.45) is 5.48. The Hall–Kier alpha value is -1.51. The van der Waals surface area contributed by atoms with E-state index in [0.717, 1.165) is 24.2 Å². The van der Waals surface area contributed by atoms with Crippen LogP contribution in [0.15, 0.2) is 18.2 Å². The second-order valence-electron chi connectivity index (χ2n) is 5.80.